The van der Waals surface area contributed by atoms with Crippen LogP contribution in [0.15, 0.2) is 11.0 Å². The smallest absolute Gasteiger partial charge is 0.331 e. The third kappa shape index (κ3) is 4.17. The molecule has 2 saturated carbocycles. The summed E-state index contributed by atoms with van der Waals surface area (Å²) in [6.45, 7) is 17.8. The fourth-order valence-electron chi connectivity index (χ4n) is 4.87. The van der Waals surface area contributed by atoms with Crippen LogP contribution in [0.5, 0.6) is 0 Å². The van der Waals surface area contributed by atoms with Gasteiger partial charge >= 0.3 is 5.97 Å². The predicted octanol–water partition coefficient (Wildman–Crippen LogP) is 4.65. The van der Waals surface area contributed by atoms with Crippen molar-refractivity contribution in [3.8, 4) is 0 Å². The van der Waals surface area contributed by atoms with Crippen LogP contribution in [0, 0.1) is 16.7 Å². The van der Waals surface area contributed by atoms with E-state index in [1.54, 1.807) is 7.11 Å². The van der Waals surface area contributed by atoms with Crippen LogP contribution in [0.1, 0.15) is 54.4 Å². The second kappa shape index (κ2) is 8.21. The number of hydrogen-bond donors (Lipinski definition) is 0. The fourth-order valence-corrected chi connectivity index (χ4v) is 8.07. The van der Waals surface area contributed by atoms with Crippen LogP contribution in [0.4, 0.5) is 0 Å². The van der Waals surface area contributed by atoms with Gasteiger partial charge in [0.15, 0.2) is 8.32 Å². The third-order valence-corrected chi connectivity index (χ3v) is 14.6. The molecule has 29 heavy (non-hydrogen) atoms. The van der Waals surface area contributed by atoms with E-state index in [0.29, 0.717) is 4.91 Å². The summed E-state index contributed by atoms with van der Waals surface area (Å²) in [6, 6.07) is 0. The van der Waals surface area contributed by atoms with Crippen molar-refractivity contribution in [2.75, 3.05) is 20.8 Å². The van der Waals surface area contributed by atoms with Gasteiger partial charge in [0.05, 0.1) is 35.9 Å². The highest BCUT2D eigenvalue weighted by Gasteiger charge is 2.68. The highest BCUT2D eigenvalue weighted by atomic mass is 32.2. The average molecular weight is 445 g/mol. The normalized spacial score (nSPS) is 33.0. The van der Waals surface area contributed by atoms with Gasteiger partial charge in [0.2, 0.25) is 0 Å². The molecule has 0 aromatic heterocycles. The summed E-state index contributed by atoms with van der Waals surface area (Å²) in [5.74, 6) is -0.207. The molecule has 5 atom stereocenters. The maximum Gasteiger partial charge on any atom is 0.331 e. The predicted molar refractivity (Wildman–Crippen MR) is 121 cm³/mol. The number of rotatable bonds is 7. The van der Waals surface area contributed by atoms with Crippen molar-refractivity contribution >= 4 is 25.1 Å². The Morgan fingerprint density at radius 1 is 1.21 bits per heavy atom. The average Bonchev–Trinajstić information content (AvgIpc) is 2.94. The van der Waals surface area contributed by atoms with Crippen LogP contribution >= 0.6 is 0 Å². The monoisotopic (exact) mass is 444 g/mol. The van der Waals surface area contributed by atoms with E-state index in [0.717, 1.165) is 12.8 Å². The number of ether oxygens (including phenoxy) is 2. The van der Waals surface area contributed by atoms with Gasteiger partial charge in [-0.25, -0.2) is 4.79 Å². The van der Waals surface area contributed by atoms with Gasteiger partial charge in [-0.15, -0.1) is 0 Å². The summed E-state index contributed by atoms with van der Waals surface area (Å²) >= 11 is 0. The van der Waals surface area contributed by atoms with Crippen LogP contribution in [0.3, 0.4) is 0 Å². The minimum atomic E-state index is -2.06. The zero-order chi connectivity index (χ0) is 22.4. The molecule has 0 spiro atoms. The van der Waals surface area contributed by atoms with Crippen molar-refractivity contribution in [2.24, 2.45) is 16.7 Å². The molecule has 0 saturated heterocycles. The number of esters is 1. The zero-order valence-corrected chi connectivity index (χ0v) is 21.7. The van der Waals surface area contributed by atoms with Gasteiger partial charge in [0, 0.05) is 23.5 Å². The lowest BCUT2D eigenvalue weighted by Gasteiger charge is -2.39. The number of hydrogen-bond acceptors (Lipinski definition) is 5. The Labute approximate surface area is 180 Å². The Kier molecular flexibility index (Phi) is 7.01. The Morgan fingerprint density at radius 2 is 1.79 bits per heavy atom. The molecule has 2 aliphatic carbocycles. The zero-order valence-electron chi connectivity index (χ0n) is 19.9. The van der Waals surface area contributed by atoms with Crippen molar-refractivity contribution in [3.05, 3.63) is 11.0 Å². The molecule has 7 heteroatoms. The maximum absolute atomic E-state index is 13.8. The summed E-state index contributed by atoms with van der Waals surface area (Å²) in [4.78, 5) is 12.6. The highest BCUT2D eigenvalue weighted by Crippen LogP contribution is 2.67. The molecule has 1 unspecified atom stereocenters. The van der Waals surface area contributed by atoms with E-state index in [1.807, 2.05) is 0 Å². The molecule has 0 N–H and O–H groups in total. The molecule has 2 aliphatic rings. The molecule has 2 rings (SSSR count). The third-order valence-electron chi connectivity index (χ3n) is 8.32. The van der Waals surface area contributed by atoms with Crippen LogP contribution < -0.4 is 0 Å². The van der Waals surface area contributed by atoms with E-state index in [-0.39, 0.29) is 39.7 Å². The van der Waals surface area contributed by atoms with Gasteiger partial charge in [0.1, 0.15) is 0 Å². The second-order valence-electron chi connectivity index (χ2n) is 10.9. The van der Waals surface area contributed by atoms with E-state index in [1.165, 1.54) is 13.2 Å². The molecule has 0 aromatic carbocycles. The van der Waals surface area contributed by atoms with E-state index in [4.69, 9.17) is 13.9 Å². The quantitative estimate of drug-likeness (QED) is 0.325. The molecule has 0 aliphatic heterocycles. The van der Waals surface area contributed by atoms with Crippen LogP contribution in [-0.2, 0) is 29.5 Å². The molecule has 5 nitrogen and oxygen atoms in total. The van der Waals surface area contributed by atoms with Gasteiger partial charge in [-0.05, 0) is 42.3 Å². The van der Waals surface area contributed by atoms with Gasteiger partial charge < -0.3 is 13.9 Å². The Balaban J connectivity index is 2.36. The van der Waals surface area contributed by atoms with Crippen molar-refractivity contribution in [1.29, 1.82) is 0 Å². The maximum atomic E-state index is 13.8. The lowest BCUT2D eigenvalue weighted by Crippen LogP contribution is -2.44. The first-order valence-electron chi connectivity index (χ1n) is 10.5. The second-order valence-corrected chi connectivity index (χ2v) is 17.4. The molecule has 0 radical (unpaired) electrons. The first-order valence-corrected chi connectivity index (χ1v) is 14.6. The van der Waals surface area contributed by atoms with Crippen LogP contribution in [0.2, 0.25) is 18.1 Å². The van der Waals surface area contributed by atoms with Crippen LogP contribution in [-0.4, -0.2) is 50.7 Å². The minimum absolute atomic E-state index is 0.0244. The number of methoxy groups -OCH3 is 2. The van der Waals surface area contributed by atoms with Crippen molar-refractivity contribution in [2.45, 2.75) is 83.9 Å². The molecular formula is C22H40O5SSi. The van der Waals surface area contributed by atoms with E-state index in [2.05, 4.69) is 54.6 Å². The molecule has 0 amide bonds. The van der Waals surface area contributed by atoms with Crippen molar-refractivity contribution in [3.63, 3.8) is 0 Å². The lowest BCUT2D eigenvalue weighted by molar-refractivity contribution is -0.134. The van der Waals surface area contributed by atoms with Crippen molar-refractivity contribution in [1.82, 2.24) is 0 Å². The van der Waals surface area contributed by atoms with E-state index >= 15 is 0 Å². The van der Waals surface area contributed by atoms with Crippen molar-refractivity contribution < 1.29 is 22.9 Å². The molecule has 2 fully saturated rings. The van der Waals surface area contributed by atoms with Gasteiger partial charge in [-0.3, -0.25) is 4.21 Å². The highest BCUT2D eigenvalue weighted by molar-refractivity contribution is 7.89. The summed E-state index contributed by atoms with van der Waals surface area (Å²) in [5, 5.41) is -0.116. The van der Waals surface area contributed by atoms with E-state index in [9.17, 15) is 9.00 Å². The topological polar surface area (TPSA) is 61.8 Å². The number of carbonyl (C=O) groups excluding carboxylic acids is 1. The molecule has 2 bridgehead atoms. The largest absolute Gasteiger partial charge is 0.466 e. The standard InChI is InChI=1S/C22H40O5SSi/c1-20(2,3)29(9,10)27-14-15(13-17(23)25-7)28(24)18-16-11-12-22(6,19(18)26-8)21(16,4)5/h13,16,18-19H,11-12,14H2,1-10H3/b15-13+/t16-,18-,19-,22-,28?/m1/s1. The lowest BCUT2D eigenvalue weighted by atomic mass is 9.70. The summed E-state index contributed by atoms with van der Waals surface area (Å²) in [6.07, 6.45) is 3.38. The summed E-state index contributed by atoms with van der Waals surface area (Å²) in [5.41, 5.74) is 0.00801. The number of carbonyl (C=O) groups is 1. The first-order chi connectivity index (χ1) is 13.1. The SMILES string of the molecule is COC(=O)/C=C(\CO[Si](C)(C)C(C)(C)C)S(=O)[C@@H]1[C@H]2CC[C@](C)([C@@H]1OC)C2(C)C. The molecule has 0 heterocycles. The summed E-state index contributed by atoms with van der Waals surface area (Å²) in [7, 11) is -0.388. The molecular weight excluding hydrogens is 404 g/mol. The number of fused-ring (bicyclic) bond motifs is 2. The Bertz CT molecular complexity index is 694. The van der Waals surface area contributed by atoms with Gasteiger partial charge in [-0.2, -0.15) is 0 Å². The minimum Gasteiger partial charge on any atom is -0.466 e. The molecule has 168 valence electrons. The molecule has 0 aromatic rings. The van der Waals surface area contributed by atoms with Gasteiger partial charge in [0.25, 0.3) is 0 Å². The Hall–Kier alpha value is -0.503. The van der Waals surface area contributed by atoms with Gasteiger partial charge in [-0.1, -0.05) is 41.5 Å². The fraction of sp³-hybridized carbons (Fsp3) is 0.864. The van der Waals surface area contributed by atoms with E-state index < -0.39 is 25.1 Å². The Morgan fingerprint density at radius 3 is 2.28 bits per heavy atom. The first kappa shape index (κ1) is 24.8. The van der Waals surface area contributed by atoms with Crippen LogP contribution in [0.25, 0.3) is 0 Å². The summed E-state index contributed by atoms with van der Waals surface area (Å²) < 4.78 is 31.0.